The first-order chi connectivity index (χ1) is 8.24. The third kappa shape index (κ3) is 5.29. The highest BCUT2D eigenvalue weighted by molar-refractivity contribution is 5.81. The van der Waals surface area contributed by atoms with E-state index in [2.05, 4.69) is 6.58 Å². The van der Waals surface area contributed by atoms with Gasteiger partial charge in [0.15, 0.2) is 0 Å². The van der Waals surface area contributed by atoms with Crippen molar-refractivity contribution in [2.24, 2.45) is 0 Å². The van der Waals surface area contributed by atoms with E-state index < -0.39 is 0 Å². The smallest absolute Gasteiger partial charge is 0.330 e. The molecule has 17 heavy (non-hydrogen) atoms. The van der Waals surface area contributed by atoms with Crippen LogP contribution in [-0.2, 0) is 16.0 Å². The number of hydrogen-bond donors (Lipinski definition) is 0. The van der Waals surface area contributed by atoms with Crippen molar-refractivity contribution in [3.8, 4) is 0 Å². The molecule has 0 aliphatic rings. The molecule has 3 heteroatoms. The average molecular weight is 236 g/mol. The van der Waals surface area contributed by atoms with Crippen LogP contribution in [0.5, 0.6) is 0 Å². The van der Waals surface area contributed by atoms with Gasteiger partial charge in [-0.1, -0.05) is 24.8 Å². The summed E-state index contributed by atoms with van der Waals surface area (Å²) in [5.41, 5.74) is 0.746. The summed E-state index contributed by atoms with van der Waals surface area (Å²) < 4.78 is 18.1. The normalized spacial score (nSPS) is 9.94. The number of aryl methyl sites for hydroxylation is 1. The van der Waals surface area contributed by atoms with Crippen molar-refractivity contribution >= 4 is 5.97 Å². The van der Waals surface area contributed by atoms with Crippen LogP contribution >= 0.6 is 0 Å². The van der Waals surface area contributed by atoms with E-state index in [-0.39, 0.29) is 11.8 Å². The van der Waals surface area contributed by atoms with Crippen LogP contribution in [0.3, 0.4) is 0 Å². The quantitative estimate of drug-likeness (QED) is 0.412. The first kappa shape index (κ1) is 13.4. The highest BCUT2D eigenvalue weighted by Crippen LogP contribution is 2.10. The molecule has 0 bridgehead atoms. The van der Waals surface area contributed by atoms with Gasteiger partial charge in [0, 0.05) is 6.08 Å². The lowest BCUT2D eigenvalue weighted by Gasteiger charge is -2.03. The first-order valence-electron chi connectivity index (χ1n) is 5.76. The number of ether oxygens (including phenoxy) is 1. The van der Waals surface area contributed by atoms with Gasteiger partial charge in [-0.2, -0.15) is 0 Å². The Hall–Kier alpha value is -1.64. The summed E-state index contributed by atoms with van der Waals surface area (Å²) >= 11 is 0. The van der Waals surface area contributed by atoms with Crippen molar-refractivity contribution in [1.82, 2.24) is 0 Å². The number of halogens is 1. The van der Waals surface area contributed by atoms with Crippen molar-refractivity contribution in [3.05, 3.63) is 48.3 Å². The SMILES string of the molecule is C=CC(=O)OCCCCCc1ccccc1F. The minimum atomic E-state index is -0.390. The fourth-order valence-electron chi connectivity index (χ4n) is 1.53. The summed E-state index contributed by atoms with van der Waals surface area (Å²) in [6.07, 6.45) is 4.49. The number of benzene rings is 1. The van der Waals surface area contributed by atoms with Crippen LogP contribution in [0, 0.1) is 5.82 Å². The van der Waals surface area contributed by atoms with Crippen LogP contribution in [0.4, 0.5) is 4.39 Å². The lowest BCUT2D eigenvalue weighted by Crippen LogP contribution is -2.01. The Morgan fingerprint density at radius 2 is 2.06 bits per heavy atom. The summed E-state index contributed by atoms with van der Waals surface area (Å²) in [4.78, 5) is 10.7. The molecule has 92 valence electrons. The molecule has 0 saturated heterocycles. The standard InChI is InChI=1S/C14H17FO2/c1-2-14(16)17-11-7-3-4-8-12-9-5-6-10-13(12)15/h2,5-6,9-10H,1,3-4,7-8,11H2. The summed E-state index contributed by atoms with van der Waals surface area (Å²) in [6, 6.07) is 6.80. The molecule has 0 spiro atoms. The van der Waals surface area contributed by atoms with Gasteiger partial charge in [-0.3, -0.25) is 0 Å². The first-order valence-corrected chi connectivity index (χ1v) is 5.76. The maximum atomic E-state index is 13.2. The molecule has 0 heterocycles. The van der Waals surface area contributed by atoms with Crippen LogP contribution in [0.25, 0.3) is 0 Å². The molecule has 1 rings (SSSR count). The van der Waals surface area contributed by atoms with Crippen LogP contribution in [0.15, 0.2) is 36.9 Å². The van der Waals surface area contributed by atoms with E-state index in [1.54, 1.807) is 12.1 Å². The topological polar surface area (TPSA) is 26.3 Å². The van der Waals surface area contributed by atoms with E-state index in [0.29, 0.717) is 6.61 Å². The molecule has 1 aromatic carbocycles. The minimum Gasteiger partial charge on any atom is -0.463 e. The van der Waals surface area contributed by atoms with Crippen LogP contribution in [-0.4, -0.2) is 12.6 Å². The molecule has 0 unspecified atom stereocenters. The van der Waals surface area contributed by atoms with Crippen LogP contribution < -0.4 is 0 Å². The number of carbonyl (C=O) groups is 1. The molecule has 0 saturated carbocycles. The third-order valence-electron chi connectivity index (χ3n) is 2.46. The number of unbranched alkanes of at least 4 members (excludes halogenated alkanes) is 2. The van der Waals surface area contributed by atoms with Crippen LogP contribution in [0.1, 0.15) is 24.8 Å². The zero-order chi connectivity index (χ0) is 12.5. The zero-order valence-corrected chi connectivity index (χ0v) is 9.82. The molecule has 0 N–H and O–H groups in total. The highest BCUT2D eigenvalue weighted by atomic mass is 19.1. The van der Waals surface area contributed by atoms with E-state index >= 15 is 0 Å². The lowest BCUT2D eigenvalue weighted by atomic mass is 10.1. The van der Waals surface area contributed by atoms with E-state index in [1.165, 1.54) is 6.07 Å². The summed E-state index contributed by atoms with van der Waals surface area (Å²) in [7, 11) is 0. The van der Waals surface area contributed by atoms with Gasteiger partial charge in [0.2, 0.25) is 0 Å². The van der Waals surface area contributed by atoms with Gasteiger partial charge in [-0.25, -0.2) is 9.18 Å². The average Bonchev–Trinajstić information content (AvgIpc) is 2.35. The second-order valence-corrected chi connectivity index (χ2v) is 3.77. The zero-order valence-electron chi connectivity index (χ0n) is 9.82. The van der Waals surface area contributed by atoms with Crippen molar-refractivity contribution in [3.63, 3.8) is 0 Å². The summed E-state index contributed by atoms with van der Waals surface area (Å²) in [5, 5.41) is 0. The molecular weight excluding hydrogens is 219 g/mol. The van der Waals surface area contributed by atoms with Crippen molar-refractivity contribution in [2.45, 2.75) is 25.7 Å². The largest absolute Gasteiger partial charge is 0.463 e. The van der Waals surface area contributed by atoms with Gasteiger partial charge in [0.05, 0.1) is 6.61 Å². The van der Waals surface area contributed by atoms with Gasteiger partial charge in [-0.05, 0) is 37.3 Å². The third-order valence-corrected chi connectivity index (χ3v) is 2.46. The number of carbonyl (C=O) groups excluding carboxylic acids is 1. The fourth-order valence-corrected chi connectivity index (χ4v) is 1.53. The molecule has 0 aliphatic heterocycles. The van der Waals surface area contributed by atoms with Crippen molar-refractivity contribution in [1.29, 1.82) is 0 Å². The maximum absolute atomic E-state index is 13.2. The molecule has 0 aliphatic carbocycles. The Labute approximate surface area is 101 Å². The molecule has 0 radical (unpaired) electrons. The number of hydrogen-bond acceptors (Lipinski definition) is 2. The lowest BCUT2D eigenvalue weighted by molar-refractivity contribution is -0.137. The predicted molar refractivity (Wildman–Crippen MR) is 65.1 cm³/mol. The molecule has 0 fully saturated rings. The molecule has 0 amide bonds. The Kier molecular flexibility index (Phi) is 6.00. The summed E-state index contributed by atoms with van der Waals surface area (Å²) in [6.45, 7) is 3.71. The van der Waals surface area contributed by atoms with Gasteiger partial charge < -0.3 is 4.74 Å². The van der Waals surface area contributed by atoms with Gasteiger partial charge >= 0.3 is 5.97 Å². The Balaban J connectivity index is 2.11. The van der Waals surface area contributed by atoms with Crippen molar-refractivity contribution in [2.75, 3.05) is 6.61 Å². The Morgan fingerprint density at radius 1 is 1.29 bits per heavy atom. The Morgan fingerprint density at radius 3 is 2.76 bits per heavy atom. The van der Waals surface area contributed by atoms with Gasteiger partial charge in [0.1, 0.15) is 5.82 Å². The van der Waals surface area contributed by atoms with Crippen molar-refractivity contribution < 1.29 is 13.9 Å². The predicted octanol–water partition coefficient (Wildman–Crippen LogP) is 3.27. The molecule has 2 nitrogen and oxygen atoms in total. The molecular formula is C14H17FO2. The maximum Gasteiger partial charge on any atom is 0.330 e. The summed E-state index contributed by atoms with van der Waals surface area (Å²) in [5.74, 6) is -0.537. The van der Waals surface area contributed by atoms with E-state index in [1.807, 2.05) is 6.07 Å². The fraction of sp³-hybridized carbons (Fsp3) is 0.357. The number of rotatable bonds is 7. The molecule has 0 aromatic heterocycles. The highest BCUT2D eigenvalue weighted by Gasteiger charge is 2.00. The van der Waals surface area contributed by atoms with E-state index in [9.17, 15) is 9.18 Å². The minimum absolute atomic E-state index is 0.148. The molecule has 0 atom stereocenters. The van der Waals surface area contributed by atoms with E-state index in [4.69, 9.17) is 4.74 Å². The molecule has 1 aromatic rings. The monoisotopic (exact) mass is 236 g/mol. The number of esters is 1. The van der Waals surface area contributed by atoms with E-state index in [0.717, 1.165) is 37.3 Å². The Bertz CT molecular complexity index is 374. The van der Waals surface area contributed by atoms with Gasteiger partial charge in [0.25, 0.3) is 0 Å². The van der Waals surface area contributed by atoms with Gasteiger partial charge in [-0.15, -0.1) is 0 Å². The van der Waals surface area contributed by atoms with Crippen LogP contribution in [0.2, 0.25) is 0 Å². The second kappa shape index (κ2) is 7.60. The second-order valence-electron chi connectivity index (χ2n) is 3.77.